The van der Waals surface area contributed by atoms with E-state index in [2.05, 4.69) is 20.4 Å². The summed E-state index contributed by atoms with van der Waals surface area (Å²) in [6, 6.07) is 3.81. The second-order valence-electron chi connectivity index (χ2n) is 4.28. The third-order valence-corrected chi connectivity index (χ3v) is 2.62. The van der Waals surface area contributed by atoms with Crippen molar-refractivity contribution in [2.75, 3.05) is 6.54 Å². The lowest BCUT2D eigenvalue weighted by atomic mass is 10.3. The predicted molar refractivity (Wildman–Crippen MR) is 70.9 cm³/mol. The highest BCUT2D eigenvalue weighted by Gasteiger charge is 2.09. The van der Waals surface area contributed by atoms with E-state index in [1.165, 1.54) is 6.92 Å². The number of carbonyl (C=O) groups is 1. The SMILES string of the molecule is CC(=O)NCCCc1nc(C)nn1-c1cccnc1. The fourth-order valence-corrected chi connectivity index (χ4v) is 1.82. The highest BCUT2D eigenvalue weighted by molar-refractivity contribution is 5.72. The van der Waals surface area contributed by atoms with Gasteiger partial charge in [-0.3, -0.25) is 9.78 Å². The standard InChI is InChI=1S/C13H17N5O/c1-10-16-13(6-4-8-15-11(2)19)18(17-10)12-5-3-7-14-9-12/h3,5,7,9H,4,6,8H2,1-2H3,(H,15,19). The highest BCUT2D eigenvalue weighted by atomic mass is 16.1. The molecule has 0 aliphatic carbocycles. The summed E-state index contributed by atoms with van der Waals surface area (Å²) >= 11 is 0. The van der Waals surface area contributed by atoms with Crippen molar-refractivity contribution >= 4 is 5.91 Å². The van der Waals surface area contributed by atoms with Crippen LogP contribution in [0.2, 0.25) is 0 Å². The zero-order chi connectivity index (χ0) is 13.7. The van der Waals surface area contributed by atoms with Crippen LogP contribution in [0.4, 0.5) is 0 Å². The summed E-state index contributed by atoms with van der Waals surface area (Å²) in [5.41, 5.74) is 0.901. The molecule has 1 amide bonds. The largest absolute Gasteiger partial charge is 0.356 e. The summed E-state index contributed by atoms with van der Waals surface area (Å²) in [6.45, 7) is 4.03. The molecule has 0 saturated carbocycles. The Bertz CT molecular complexity index is 549. The molecule has 2 aromatic rings. The minimum Gasteiger partial charge on any atom is -0.356 e. The van der Waals surface area contributed by atoms with Gasteiger partial charge in [0.1, 0.15) is 11.6 Å². The van der Waals surface area contributed by atoms with Crippen LogP contribution in [-0.2, 0) is 11.2 Å². The van der Waals surface area contributed by atoms with E-state index in [1.54, 1.807) is 17.1 Å². The van der Waals surface area contributed by atoms with Gasteiger partial charge in [-0.05, 0) is 25.5 Å². The molecule has 2 heterocycles. The van der Waals surface area contributed by atoms with Crippen LogP contribution >= 0.6 is 0 Å². The molecule has 0 radical (unpaired) electrons. The second-order valence-corrected chi connectivity index (χ2v) is 4.28. The van der Waals surface area contributed by atoms with Crippen molar-refractivity contribution in [2.24, 2.45) is 0 Å². The Morgan fingerprint density at radius 3 is 3.00 bits per heavy atom. The Morgan fingerprint density at radius 1 is 1.47 bits per heavy atom. The van der Waals surface area contributed by atoms with Crippen molar-refractivity contribution in [1.82, 2.24) is 25.1 Å². The zero-order valence-electron chi connectivity index (χ0n) is 11.1. The van der Waals surface area contributed by atoms with Crippen molar-refractivity contribution < 1.29 is 4.79 Å². The average Bonchev–Trinajstić information content (AvgIpc) is 2.77. The lowest BCUT2D eigenvalue weighted by molar-refractivity contribution is -0.118. The summed E-state index contributed by atoms with van der Waals surface area (Å²) in [4.78, 5) is 19.3. The predicted octanol–water partition coefficient (Wildman–Crippen LogP) is 1.04. The van der Waals surface area contributed by atoms with Crippen LogP contribution in [0, 0.1) is 6.92 Å². The highest BCUT2D eigenvalue weighted by Crippen LogP contribution is 2.09. The minimum atomic E-state index is -0.00935. The Kier molecular flexibility index (Phi) is 4.22. The molecule has 1 N–H and O–H groups in total. The third-order valence-electron chi connectivity index (χ3n) is 2.62. The van der Waals surface area contributed by atoms with Crippen LogP contribution < -0.4 is 5.32 Å². The lowest BCUT2D eigenvalue weighted by Crippen LogP contribution is -2.21. The van der Waals surface area contributed by atoms with E-state index < -0.39 is 0 Å². The molecule has 0 saturated heterocycles. The molecule has 19 heavy (non-hydrogen) atoms. The minimum absolute atomic E-state index is 0.00935. The summed E-state index contributed by atoms with van der Waals surface area (Å²) in [5, 5.41) is 7.15. The van der Waals surface area contributed by atoms with Gasteiger partial charge in [-0.1, -0.05) is 0 Å². The van der Waals surface area contributed by atoms with Gasteiger partial charge in [-0.25, -0.2) is 9.67 Å². The molecule has 100 valence electrons. The number of rotatable bonds is 5. The Balaban J connectivity index is 2.07. The molecule has 0 spiro atoms. The van der Waals surface area contributed by atoms with Crippen LogP contribution in [0.25, 0.3) is 5.69 Å². The Morgan fingerprint density at radius 2 is 2.32 bits per heavy atom. The number of aromatic nitrogens is 4. The third kappa shape index (κ3) is 3.61. The van der Waals surface area contributed by atoms with Gasteiger partial charge in [0.25, 0.3) is 0 Å². The van der Waals surface area contributed by atoms with Crippen LogP contribution in [0.5, 0.6) is 0 Å². The van der Waals surface area contributed by atoms with Gasteiger partial charge in [0, 0.05) is 26.1 Å². The van der Waals surface area contributed by atoms with Gasteiger partial charge < -0.3 is 5.32 Å². The number of hydrogen-bond donors (Lipinski definition) is 1. The molecule has 0 fully saturated rings. The van der Waals surface area contributed by atoms with Gasteiger partial charge in [0.05, 0.1) is 11.9 Å². The summed E-state index contributed by atoms with van der Waals surface area (Å²) in [7, 11) is 0. The molecule has 2 aromatic heterocycles. The molecule has 6 heteroatoms. The van der Waals surface area contributed by atoms with Gasteiger partial charge in [0.15, 0.2) is 0 Å². The molecule has 0 aromatic carbocycles. The zero-order valence-corrected chi connectivity index (χ0v) is 11.1. The second kappa shape index (κ2) is 6.08. The maximum Gasteiger partial charge on any atom is 0.216 e. The fourth-order valence-electron chi connectivity index (χ4n) is 1.82. The van der Waals surface area contributed by atoms with Gasteiger partial charge in [0.2, 0.25) is 5.91 Å². The number of pyridine rings is 1. The lowest BCUT2D eigenvalue weighted by Gasteiger charge is -2.05. The molecule has 2 rings (SSSR count). The van der Waals surface area contributed by atoms with E-state index >= 15 is 0 Å². The van der Waals surface area contributed by atoms with E-state index in [1.807, 2.05) is 19.1 Å². The van der Waals surface area contributed by atoms with E-state index in [0.29, 0.717) is 6.54 Å². The average molecular weight is 259 g/mol. The first-order valence-corrected chi connectivity index (χ1v) is 6.24. The fraction of sp³-hybridized carbons (Fsp3) is 0.385. The van der Waals surface area contributed by atoms with Crippen LogP contribution in [0.15, 0.2) is 24.5 Å². The van der Waals surface area contributed by atoms with Crippen molar-refractivity contribution in [2.45, 2.75) is 26.7 Å². The number of nitrogens with one attached hydrogen (secondary N) is 1. The first-order chi connectivity index (χ1) is 9.16. The molecule has 0 aliphatic rings. The summed E-state index contributed by atoms with van der Waals surface area (Å²) in [6.07, 6.45) is 5.07. The molecular weight excluding hydrogens is 242 g/mol. The van der Waals surface area contributed by atoms with Crippen molar-refractivity contribution in [3.63, 3.8) is 0 Å². The van der Waals surface area contributed by atoms with E-state index in [-0.39, 0.29) is 5.91 Å². The monoisotopic (exact) mass is 259 g/mol. The first kappa shape index (κ1) is 13.2. The molecule has 0 unspecified atom stereocenters. The molecule has 0 bridgehead atoms. The first-order valence-electron chi connectivity index (χ1n) is 6.24. The van der Waals surface area contributed by atoms with Crippen molar-refractivity contribution in [3.05, 3.63) is 36.2 Å². The summed E-state index contributed by atoms with van der Waals surface area (Å²) in [5.74, 6) is 1.61. The van der Waals surface area contributed by atoms with Gasteiger partial charge >= 0.3 is 0 Å². The maximum absolute atomic E-state index is 10.8. The number of hydrogen-bond acceptors (Lipinski definition) is 4. The molecule has 0 aliphatic heterocycles. The smallest absolute Gasteiger partial charge is 0.216 e. The van der Waals surface area contributed by atoms with Crippen molar-refractivity contribution in [1.29, 1.82) is 0 Å². The normalized spacial score (nSPS) is 10.4. The van der Waals surface area contributed by atoms with Gasteiger partial charge in [-0.15, -0.1) is 0 Å². The van der Waals surface area contributed by atoms with E-state index in [0.717, 1.165) is 30.2 Å². The van der Waals surface area contributed by atoms with E-state index in [9.17, 15) is 4.79 Å². The number of carbonyl (C=O) groups excluding carboxylic acids is 1. The number of aryl methyl sites for hydroxylation is 2. The topological polar surface area (TPSA) is 72.7 Å². The quantitative estimate of drug-likeness (QED) is 0.814. The Labute approximate surface area is 111 Å². The van der Waals surface area contributed by atoms with Crippen LogP contribution in [0.1, 0.15) is 25.0 Å². The van der Waals surface area contributed by atoms with E-state index in [4.69, 9.17) is 0 Å². The molecule has 6 nitrogen and oxygen atoms in total. The van der Waals surface area contributed by atoms with Crippen LogP contribution in [0.3, 0.4) is 0 Å². The number of nitrogens with zero attached hydrogens (tertiary/aromatic N) is 4. The molecular formula is C13H17N5O. The van der Waals surface area contributed by atoms with Crippen LogP contribution in [-0.4, -0.2) is 32.2 Å². The van der Waals surface area contributed by atoms with Crippen molar-refractivity contribution in [3.8, 4) is 5.69 Å². The summed E-state index contributed by atoms with van der Waals surface area (Å²) < 4.78 is 1.80. The molecule has 0 atom stereocenters. The van der Waals surface area contributed by atoms with Gasteiger partial charge in [-0.2, -0.15) is 5.10 Å². The Hall–Kier alpha value is -2.24. The maximum atomic E-state index is 10.8. The number of amides is 1.